The van der Waals surface area contributed by atoms with Gasteiger partial charge in [-0.25, -0.2) is 4.79 Å². The smallest absolute Gasteiger partial charge is 0.410 e. The van der Waals surface area contributed by atoms with Gasteiger partial charge in [0.2, 0.25) is 0 Å². The molecule has 5 heteroatoms. The van der Waals surface area contributed by atoms with E-state index in [-0.39, 0.29) is 6.09 Å². The molecule has 0 spiro atoms. The molecule has 1 amide bonds. The summed E-state index contributed by atoms with van der Waals surface area (Å²) in [6.45, 7) is 8.55. The van der Waals surface area contributed by atoms with Gasteiger partial charge in [0, 0.05) is 30.4 Å². The van der Waals surface area contributed by atoms with Crippen LogP contribution in [0.3, 0.4) is 0 Å². The van der Waals surface area contributed by atoms with Gasteiger partial charge in [0.05, 0.1) is 0 Å². The summed E-state index contributed by atoms with van der Waals surface area (Å²) in [6, 6.07) is 0.291. The zero-order chi connectivity index (χ0) is 15.5. The summed E-state index contributed by atoms with van der Waals surface area (Å²) >= 11 is 1.99. The van der Waals surface area contributed by atoms with Crippen LogP contribution < -0.4 is 5.32 Å². The van der Waals surface area contributed by atoms with Crippen molar-refractivity contribution in [3.05, 3.63) is 0 Å². The van der Waals surface area contributed by atoms with E-state index in [0.717, 1.165) is 32.5 Å². The Morgan fingerprint density at radius 1 is 1.38 bits per heavy atom. The van der Waals surface area contributed by atoms with Gasteiger partial charge in [-0.15, -0.1) is 0 Å². The fourth-order valence-electron chi connectivity index (χ4n) is 3.10. The van der Waals surface area contributed by atoms with Gasteiger partial charge in [0.25, 0.3) is 0 Å². The van der Waals surface area contributed by atoms with Crippen LogP contribution in [0, 0.1) is 0 Å². The summed E-state index contributed by atoms with van der Waals surface area (Å²) in [7, 11) is 0. The van der Waals surface area contributed by atoms with E-state index in [2.05, 4.69) is 11.6 Å². The number of likely N-dealkylation sites (tertiary alicyclic amines) is 1. The molecule has 1 atom stereocenters. The van der Waals surface area contributed by atoms with Gasteiger partial charge in [0.15, 0.2) is 0 Å². The molecule has 1 unspecified atom stereocenters. The zero-order valence-corrected chi connectivity index (χ0v) is 14.7. The van der Waals surface area contributed by atoms with Crippen molar-refractivity contribution in [1.82, 2.24) is 10.2 Å². The molecule has 1 saturated carbocycles. The van der Waals surface area contributed by atoms with Crippen LogP contribution in [-0.2, 0) is 4.74 Å². The van der Waals surface area contributed by atoms with E-state index in [1.165, 1.54) is 19.3 Å². The molecule has 1 aliphatic carbocycles. The van der Waals surface area contributed by atoms with Gasteiger partial charge in [-0.1, -0.05) is 6.42 Å². The molecule has 2 rings (SSSR count). The SMILES string of the molecule is CSC1(CNCC2CCCN2C(=O)OC(C)(C)C)CCC1. The van der Waals surface area contributed by atoms with E-state index in [1.54, 1.807) is 0 Å². The van der Waals surface area contributed by atoms with Crippen molar-refractivity contribution in [2.75, 3.05) is 25.9 Å². The Balaban J connectivity index is 1.78. The summed E-state index contributed by atoms with van der Waals surface area (Å²) in [4.78, 5) is 14.1. The second kappa shape index (κ2) is 6.78. The molecule has 1 saturated heterocycles. The zero-order valence-electron chi connectivity index (χ0n) is 13.9. The second-order valence-corrected chi connectivity index (χ2v) is 8.62. The van der Waals surface area contributed by atoms with E-state index >= 15 is 0 Å². The fraction of sp³-hybridized carbons (Fsp3) is 0.938. The minimum Gasteiger partial charge on any atom is -0.444 e. The van der Waals surface area contributed by atoms with Gasteiger partial charge >= 0.3 is 6.09 Å². The molecule has 1 aliphatic heterocycles. The van der Waals surface area contributed by atoms with E-state index in [4.69, 9.17) is 4.74 Å². The molecule has 0 aromatic rings. The maximum absolute atomic E-state index is 12.2. The number of amides is 1. The average molecular weight is 314 g/mol. The molecule has 0 radical (unpaired) electrons. The number of carbonyl (C=O) groups is 1. The van der Waals surface area contributed by atoms with Crippen molar-refractivity contribution in [3.8, 4) is 0 Å². The highest BCUT2D eigenvalue weighted by molar-refractivity contribution is 8.00. The molecule has 2 aliphatic rings. The van der Waals surface area contributed by atoms with Crippen molar-refractivity contribution in [3.63, 3.8) is 0 Å². The molecule has 2 fully saturated rings. The van der Waals surface area contributed by atoms with Crippen LogP contribution in [0.2, 0.25) is 0 Å². The number of carbonyl (C=O) groups excluding carboxylic acids is 1. The first-order valence-corrected chi connectivity index (χ1v) is 9.33. The van der Waals surface area contributed by atoms with E-state index in [0.29, 0.717) is 10.8 Å². The van der Waals surface area contributed by atoms with Crippen LogP contribution in [0.5, 0.6) is 0 Å². The summed E-state index contributed by atoms with van der Waals surface area (Å²) < 4.78 is 5.96. The largest absolute Gasteiger partial charge is 0.444 e. The Kier molecular flexibility index (Phi) is 5.47. The molecule has 0 bridgehead atoms. The predicted molar refractivity (Wildman–Crippen MR) is 88.9 cm³/mol. The number of hydrogen-bond donors (Lipinski definition) is 1. The highest BCUT2D eigenvalue weighted by Crippen LogP contribution is 2.42. The van der Waals surface area contributed by atoms with E-state index < -0.39 is 5.60 Å². The molecule has 0 aromatic heterocycles. The minimum atomic E-state index is -0.410. The van der Waals surface area contributed by atoms with Crippen molar-refractivity contribution >= 4 is 17.9 Å². The molecule has 21 heavy (non-hydrogen) atoms. The van der Waals surface area contributed by atoms with Crippen LogP contribution >= 0.6 is 11.8 Å². The van der Waals surface area contributed by atoms with Gasteiger partial charge in [-0.3, -0.25) is 0 Å². The lowest BCUT2D eigenvalue weighted by atomic mass is 9.84. The summed E-state index contributed by atoms with van der Waals surface area (Å²) in [5.41, 5.74) is -0.410. The monoisotopic (exact) mass is 314 g/mol. The highest BCUT2D eigenvalue weighted by atomic mass is 32.2. The minimum absolute atomic E-state index is 0.157. The first-order chi connectivity index (χ1) is 9.85. The summed E-state index contributed by atoms with van der Waals surface area (Å²) in [5, 5.41) is 3.60. The maximum Gasteiger partial charge on any atom is 0.410 e. The normalized spacial score (nSPS) is 24.8. The fourth-order valence-corrected chi connectivity index (χ4v) is 4.04. The van der Waals surface area contributed by atoms with Gasteiger partial charge in [-0.2, -0.15) is 11.8 Å². The molecule has 0 aromatic carbocycles. The summed E-state index contributed by atoms with van der Waals surface area (Å²) in [5.74, 6) is 0. The van der Waals surface area contributed by atoms with Crippen LogP contribution in [0.4, 0.5) is 4.79 Å². The average Bonchev–Trinajstić information content (AvgIpc) is 2.79. The molecule has 1 heterocycles. The molecule has 122 valence electrons. The molecular formula is C16H30N2O2S. The Bertz CT molecular complexity index is 358. The van der Waals surface area contributed by atoms with Crippen molar-refractivity contribution in [1.29, 1.82) is 0 Å². The van der Waals surface area contributed by atoms with Crippen molar-refractivity contribution < 1.29 is 9.53 Å². The number of rotatable bonds is 5. The van der Waals surface area contributed by atoms with Crippen molar-refractivity contribution in [2.24, 2.45) is 0 Å². The second-order valence-electron chi connectivity index (χ2n) is 7.34. The number of thioether (sulfide) groups is 1. The summed E-state index contributed by atoms with van der Waals surface area (Å²) in [6.07, 6.45) is 8.22. The number of nitrogens with one attached hydrogen (secondary N) is 1. The Labute approximate surface area is 133 Å². The lowest BCUT2D eigenvalue weighted by Gasteiger charge is -2.41. The maximum atomic E-state index is 12.2. The third kappa shape index (κ3) is 4.52. The van der Waals surface area contributed by atoms with Gasteiger partial charge < -0.3 is 15.0 Å². The van der Waals surface area contributed by atoms with Gasteiger partial charge in [-0.05, 0) is 52.7 Å². The van der Waals surface area contributed by atoms with Crippen LogP contribution in [-0.4, -0.2) is 53.3 Å². The predicted octanol–water partition coefficient (Wildman–Crippen LogP) is 3.26. The van der Waals surface area contributed by atoms with Crippen molar-refractivity contribution in [2.45, 2.75) is 69.3 Å². The first kappa shape index (κ1) is 16.9. The third-order valence-electron chi connectivity index (χ3n) is 4.53. The third-order valence-corrected chi connectivity index (χ3v) is 5.95. The van der Waals surface area contributed by atoms with Gasteiger partial charge in [0.1, 0.15) is 5.60 Å². The van der Waals surface area contributed by atoms with E-state index in [9.17, 15) is 4.79 Å². The lowest BCUT2D eigenvalue weighted by molar-refractivity contribution is 0.0226. The lowest BCUT2D eigenvalue weighted by Crippen LogP contribution is -2.48. The quantitative estimate of drug-likeness (QED) is 0.846. The number of nitrogens with zero attached hydrogens (tertiary/aromatic N) is 1. The standard InChI is InChI=1S/C16H30N2O2S/c1-15(2,3)20-14(19)18-10-5-7-13(18)11-17-12-16(21-4)8-6-9-16/h13,17H,5-12H2,1-4H3. The van der Waals surface area contributed by atoms with E-state index in [1.807, 2.05) is 37.4 Å². The molecule has 1 N–H and O–H groups in total. The van der Waals surface area contributed by atoms with Crippen LogP contribution in [0.25, 0.3) is 0 Å². The molecule has 4 nitrogen and oxygen atoms in total. The Morgan fingerprint density at radius 3 is 2.62 bits per heavy atom. The highest BCUT2D eigenvalue weighted by Gasteiger charge is 2.37. The first-order valence-electron chi connectivity index (χ1n) is 8.11. The Hall–Kier alpha value is -0.420. The topological polar surface area (TPSA) is 41.6 Å². The number of hydrogen-bond acceptors (Lipinski definition) is 4. The van der Waals surface area contributed by atoms with Crippen LogP contribution in [0.1, 0.15) is 52.9 Å². The Morgan fingerprint density at radius 2 is 2.10 bits per heavy atom. The van der Waals surface area contributed by atoms with Crippen LogP contribution in [0.15, 0.2) is 0 Å². The number of ether oxygens (including phenoxy) is 1. The molecular weight excluding hydrogens is 284 g/mol.